The fraction of sp³-hybridized carbons (Fsp3) is 0.839. The zero-order valence-electron chi connectivity index (χ0n) is 47.5. The molecule has 0 radical (unpaired) electrons. The van der Waals surface area contributed by atoms with Crippen LogP contribution in [0.25, 0.3) is 0 Å². The predicted octanol–water partition coefficient (Wildman–Crippen LogP) is 4.41. The lowest BCUT2D eigenvalue weighted by Gasteiger charge is -2.28. The van der Waals surface area contributed by atoms with Crippen LogP contribution in [0.4, 0.5) is 0 Å². The molecule has 1 aliphatic rings. The SMILES string of the molecule is CC(=O)[C@H](CCCCNC(=O)COCCOCCNC(=O)COCCOCCNC(=O)CC[C@H](NC(=O)C1CCC(CNC(=O)CCCCCCCCCCCCCCCCCCC(=O)O)CC1)C(=O)O)NCC(=O)[C@H](C)N. The number of carbonyl (C=O) groups is 9. The van der Waals surface area contributed by atoms with E-state index in [0.717, 1.165) is 51.4 Å². The van der Waals surface area contributed by atoms with E-state index in [1.807, 2.05) is 0 Å². The van der Waals surface area contributed by atoms with Crippen LogP contribution in [0.3, 0.4) is 0 Å². The van der Waals surface area contributed by atoms with Crippen molar-refractivity contribution in [2.24, 2.45) is 17.6 Å². The van der Waals surface area contributed by atoms with E-state index in [2.05, 4.69) is 31.9 Å². The smallest absolute Gasteiger partial charge is 0.326 e. The maximum atomic E-state index is 13.0. The van der Waals surface area contributed by atoms with E-state index in [0.29, 0.717) is 51.6 Å². The van der Waals surface area contributed by atoms with Crippen LogP contribution in [0.2, 0.25) is 0 Å². The maximum Gasteiger partial charge on any atom is 0.326 e. The third kappa shape index (κ3) is 42.4. The van der Waals surface area contributed by atoms with Gasteiger partial charge in [0.1, 0.15) is 25.0 Å². The molecular formula is C56H101N7O15. The number of rotatable bonds is 53. The molecule has 0 bridgehead atoms. The van der Waals surface area contributed by atoms with E-state index in [4.69, 9.17) is 29.8 Å². The van der Waals surface area contributed by atoms with Crippen molar-refractivity contribution in [1.29, 1.82) is 0 Å². The molecule has 0 aromatic rings. The molecule has 22 heteroatoms. The first-order valence-electron chi connectivity index (χ1n) is 29.2. The van der Waals surface area contributed by atoms with Crippen molar-refractivity contribution in [2.75, 3.05) is 85.6 Å². The van der Waals surface area contributed by atoms with Crippen LogP contribution in [0.5, 0.6) is 0 Å². The van der Waals surface area contributed by atoms with Crippen LogP contribution in [0.15, 0.2) is 0 Å². The summed E-state index contributed by atoms with van der Waals surface area (Å²) in [6, 6.07) is -2.23. The topological polar surface area (TPSA) is 329 Å². The molecular weight excluding hydrogens is 1010 g/mol. The summed E-state index contributed by atoms with van der Waals surface area (Å²) in [5.74, 6) is -3.44. The van der Waals surface area contributed by atoms with Crippen LogP contribution in [-0.2, 0) is 62.1 Å². The lowest BCUT2D eigenvalue weighted by Crippen LogP contribution is -2.45. The number of carbonyl (C=O) groups excluding carboxylic acids is 7. The first-order valence-corrected chi connectivity index (χ1v) is 29.2. The quantitative estimate of drug-likeness (QED) is 0.0381. The van der Waals surface area contributed by atoms with E-state index in [-0.39, 0.29) is 145 Å². The molecule has 1 saturated carbocycles. The summed E-state index contributed by atoms with van der Waals surface area (Å²) in [7, 11) is 0. The second-order valence-electron chi connectivity index (χ2n) is 20.7. The summed E-state index contributed by atoms with van der Waals surface area (Å²) in [6.45, 7) is 5.36. The van der Waals surface area contributed by atoms with Crippen molar-refractivity contribution in [3.8, 4) is 0 Å². The maximum absolute atomic E-state index is 13.0. The molecule has 450 valence electrons. The van der Waals surface area contributed by atoms with Crippen LogP contribution in [0.1, 0.15) is 187 Å². The van der Waals surface area contributed by atoms with E-state index in [1.165, 1.54) is 71.1 Å². The number of Topliss-reactive ketones (excluding diaryl/α,β-unsaturated/α-hetero) is 2. The minimum atomic E-state index is -1.21. The number of hydrogen-bond donors (Lipinski definition) is 9. The standard InChI is InChI=1S/C56H101N7O15/c1-43(57)49(65)40-61-47(44(2)64)21-19-20-30-58-52(68)41-77-37-36-76-34-32-60-53(69)42-78-38-35-75-33-31-59-51(67)29-28-48(56(73)74)63-55(72)46-26-24-45(25-27-46)39-62-50(66)22-17-15-13-11-9-7-5-3-4-6-8-10-12-14-16-18-23-54(70)71/h43,45-48,61H,3-42,57H2,1-2H3,(H,58,68)(H,59,67)(H,60,69)(H,62,66)(H,63,72)(H,70,71)(H,73,74)/t43-,45?,46?,47-,48-/m0/s1. The van der Waals surface area contributed by atoms with Crippen LogP contribution in [-0.4, -0.2) is 167 Å². The van der Waals surface area contributed by atoms with E-state index >= 15 is 0 Å². The Morgan fingerprint density at radius 2 is 0.962 bits per heavy atom. The fourth-order valence-corrected chi connectivity index (χ4v) is 8.85. The van der Waals surface area contributed by atoms with E-state index < -0.39 is 30.1 Å². The highest BCUT2D eigenvalue weighted by atomic mass is 16.5. The number of aliphatic carboxylic acids is 2. The summed E-state index contributed by atoms with van der Waals surface area (Å²) in [4.78, 5) is 108. The number of nitrogens with two attached hydrogens (primary N) is 1. The molecule has 0 spiro atoms. The Balaban J connectivity index is 1.98. The van der Waals surface area contributed by atoms with Gasteiger partial charge in [0.2, 0.25) is 29.5 Å². The number of amides is 5. The van der Waals surface area contributed by atoms with Crippen LogP contribution < -0.4 is 37.6 Å². The van der Waals surface area contributed by atoms with E-state index in [9.17, 15) is 48.3 Å². The lowest BCUT2D eigenvalue weighted by atomic mass is 9.81. The van der Waals surface area contributed by atoms with Crippen molar-refractivity contribution in [2.45, 2.75) is 205 Å². The molecule has 3 atom stereocenters. The molecule has 0 aliphatic heterocycles. The Morgan fingerprint density at radius 1 is 0.500 bits per heavy atom. The van der Waals surface area contributed by atoms with Crippen LogP contribution >= 0.6 is 0 Å². The molecule has 5 amide bonds. The lowest BCUT2D eigenvalue weighted by molar-refractivity contribution is -0.143. The van der Waals surface area contributed by atoms with Gasteiger partial charge in [-0.25, -0.2) is 4.79 Å². The third-order valence-electron chi connectivity index (χ3n) is 13.7. The predicted molar refractivity (Wildman–Crippen MR) is 295 cm³/mol. The van der Waals surface area contributed by atoms with E-state index in [1.54, 1.807) is 6.92 Å². The molecule has 0 saturated heterocycles. The Hall–Kier alpha value is -4.61. The van der Waals surface area contributed by atoms with Crippen molar-refractivity contribution < 1.29 is 72.3 Å². The molecule has 0 aromatic heterocycles. The molecule has 0 heterocycles. The summed E-state index contributed by atoms with van der Waals surface area (Å²) in [5.41, 5.74) is 5.56. The first kappa shape index (κ1) is 71.4. The number of carboxylic acid groups (broad SMARTS) is 2. The van der Waals surface area contributed by atoms with Gasteiger partial charge in [-0.05, 0) is 84.0 Å². The molecule has 1 fully saturated rings. The summed E-state index contributed by atoms with van der Waals surface area (Å²) in [6.07, 6.45) is 23.9. The van der Waals surface area contributed by atoms with Crippen molar-refractivity contribution in [3.63, 3.8) is 0 Å². The zero-order chi connectivity index (χ0) is 57.4. The molecule has 22 nitrogen and oxygen atoms in total. The Labute approximate surface area is 464 Å². The van der Waals surface area contributed by atoms with Gasteiger partial charge in [-0.3, -0.25) is 38.4 Å². The number of hydrogen-bond acceptors (Lipinski definition) is 15. The highest BCUT2D eigenvalue weighted by molar-refractivity contribution is 5.87. The number of ketones is 2. The minimum absolute atomic E-state index is 0.0373. The number of carboxylic acids is 2. The summed E-state index contributed by atoms with van der Waals surface area (Å²) < 4.78 is 21.5. The Morgan fingerprint density at radius 3 is 1.45 bits per heavy atom. The zero-order valence-corrected chi connectivity index (χ0v) is 47.5. The second-order valence-corrected chi connectivity index (χ2v) is 20.7. The summed E-state index contributed by atoms with van der Waals surface area (Å²) in [5, 5.41) is 35.1. The Bertz CT molecular complexity index is 1680. The van der Waals surface area contributed by atoms with Crippen molar-refractivity contribution in [3.05, 3.63) is 0 Å². The number of unbranched alkanes of at least 4 members (excludes halogenated alkanes) is 16. The normalized spacial score (nSPS) is 15.4. The Kier molecular flexibility index (Phi) is 44.2. The van der Waals surface area contributed by atoms with Gasteiger partial charge in [-0.15, -0.1) is 0 Å². The second kappa shape index (κ2) is 48.3. The fourth-order valence-electron chi connectivity index (χ4n) is 8.85. The molecule has 1 aliphatic carbocycles. The highest BCUT2D eigenvalue weighted by Gasteiger charge is 2.30. The number of ether oxygens (including phenoxy) is 4. The molecule has 0 aromatic carbocycles. The number of nitrogens with one attached hydrogen (secondary N) is 6. The summed E-state index contributed by atoms with van der Waals surface area (Å²) >= 11 is 0. The van der Waals surface area contributed by atoms with Gasteiger partial charge in [0.25, 0.3) is 0 Å². The van der Waals surface area contributed by atoms with Gasteiger partial charge in [0.15, 0.2) is 5.78 Å². The molecule has 1 rings (SSSR count). The third-order valence-corrected chi connectivity index (χ3v) is 13.7. The first-order chi connectivity index (χ1) is 37.6. The van der Waals surface area contributed by atoms with Gasteiger partial charge in [0.05, 0.1) is 58.3 Å². The largest absolute Gasteiger partial charge is 0.481 e. The highest BCUT2D eigenvalue weighted by Crippen LogP contribution is 2.29. The van der Waals surface area contributed by atoms with Gasteiger partial charge in [-0.1, -0.05) is 89.9 Å². The van der Waals surface area contributed by atoms with Gasteiger partial charge >= 0.3 is 11.9 Å². The minimum Gasteiger partial charge on any atom is -0.481 e. The monoisotopic (exact) mass is 1110 g/mol. The molecule has 10 N–H and O–H groups in total. The molecule has 0 unspecified atom stereocenters. The average Bonchev–Trinajstić information content (AvgIpc) is 3.40. The average molecular weight is 1110 g/mol. The van der Waals surface area contributed by atoms with Gasteiger partial charge in [0, 0.05) is 51.4 Å². The van der Waals surface area contributed by atoms with Gasteiger partial charge < -0.3 is 66.8 Å². The van der Waals surface area contributed by atoms with Crippen molar-refractivity contribution in [1.82, 2.24) is 31.9 Å². The molecule has 78 heavy (non-hydrogen) atoms. The van der Waals surface area contributed by atoms with Crippen molar-refractivity contribution >= 4 is 53.0 Å². The van der Waals surface area contributed by atoms with Crippen LogP contribution in [0, 0.1) is 11.8 Å². The van der Waals surface area contributed by atoms with Gasteiger partial charge in [-0.2, -0.15) is 0 Å².